The molecule has 1 aromatic heterocycles. The molecule has 21 heavy (non-hydrogen) atoms. The lowest BCUT2D eigenvalue weighted by atomic mass is 10.2. The molecule has 0 atom stereocenters. The van der Waals surface area contributed by atoms with Crippen molar-refractivity contribution in [3.8, 4) is 17.1 Å². The van der Waals surface area contributed by atoms with Crippen LogP contribution in [0.2, 0.25) is 5.02 Å². The zero-order valence-corrected chi connectivity index (χ0v) is 13.1. The first-order valence-corrected chi connectivity index (χ1v) is 7.72. The number of para-hydroxylation sites is 1. The van der Waals surface area contributed by atoms with Crippen LogP contribution in [0.25, 0.3) is 17.1 Å². The van der Waals surface area contributed by atoms with Gasteiger partial charge in [0.1, 0.15) is 11.6 Å². The smallest absolute Gasteiger partial charge is 0.173 e. The molecule has 6 heteroatoms. The zero-order valence-electron chi connectivity index (χ0n) is 10.8. The average molecular weight is 367 g/mol. The fourth-order valence-corrected chi connectivity index (χ4v) is 2.74. The summed E-state index contributed by atoms with van der Waals surface area (Å²) in [5.41, 5.74) is 1.11. The number of benzene rings is 2. The van der Waals surface area contributed by atoms with E-state index in [4.69, 9.17) is 11.6 Å². The number of aromatic nitrogens is 3. The van der Waals surface area contributed by atoms with Gasteiger partial charge in [-0.25, -0.2) is 4.39 Å². The highest BCUT2D eigenvalue weighted by atomic mass is 79.9. The van der Waals surface area contributed by atoms with Crippen molar-refractivity contribution in [1.29, 1.82) is 0 Å². The van der Waals surface area contributed by atoms with E-state index in [2.05, 4.69) is 26.1 Å². The molecule has 0 spiro atoms. The number of hydrogen-bond acceptors (Lipinski definition) is 2. The lowest BCUT2D eigenvalue weighted by molar-refractivity contribution is 0.629. The molecule has 0 aliphatic heterocycles. The quantitative estimate of drug-likeness (QED) is 0.633. The van der Waals surface area contributed by atoms with Gasteiger partial charge >= 0.3 is 0 Å². The summed E-state index contributed by atoms with van der Waals surface area (Å²) in [6.07, 6.45) is 0. The fourth-order valence-electron chi connectivity index (χ4n) is 2.12. The molecule has 2 aromatic carbocycles. The average Bonchev–Trinajstić information content (AvgIpc) is 2.91. The molecule has 3 nitrogen and oxygen atoms in total. The third kappa shape index (κ3) is 2.59. The molecule has 0 N–H and O–H groups in total. The topological polar surface area (TPSA) is 30.7 Å². The minimum Gasteiger partial charge on any atom is -0.278 e. The summed E-state index contributed by atoms with van der Waals surface area (Å²) in [5.74, 6) is 0.641. The predicted molar refractivity (Wildman–Crippen MR) is 84.4 cm³/mol. The molecule has 0 saturated heterocycles. The molecule has 0 unspecified atom stereocenters. The minimum absolute atomic E-state index is 0.253. The largest absolute Gasteiger partial charge is 0.278 e. The Hall–Kier alpha value is -1.72. The minimum atomic E-state index is -0.423. The summed E-state index contributed by atoms with van der Waals surface area (Å²) in [5, 5.41) is 9.03. The second kappa shape index (κ2) is 5.95. The maximum Gasteiger partial charge on any atom is 0.173 e. The first kappa shape index (κ1) is 14.2. The van der Waals surface area contributed by atoms with Gasteiger partial charge in [-0.1, -0.05) is 51.8 Å². The van der Waals surface area contributed by atoms with Crippen molar-refractivity contribution < 1.29 is 4.39 Å². The van der Waals surface area contributed by atoms with E-state index in [1.807, 2.05) is 30.3 Å². The Labute approximate surface area is 134 Å². The first-order valence-electron chi connectivity index (χ1n) is 6.22. The predicted octanol–water partition coefficient (Wildman–Crippen LogP) is 4.62. The van der Waals surface area contributed by atoms with Crippen LogP contribution in [0.15, 0.2) is 48.5 Å². The molecule has 3 aromatic rings. The van der Waals surface area contributed by atoms with E-state index in [1.165, 1.54) is 6.07 Å². The highest BCUT2D eigenvalue weighted by Gasteiger charge is 2.20. The molecule has 0 saturated carbocycles. The SMILES string of the molecule is Fc1cccc(Cl)c1-c1nnc(CBr)n1-c1ccccc1. The van der Waals surface area contributed by atoms with E-state index < -0.39 is 5.82 Å². The van der Waals surface area contributed by atoms with Gasteiger partial charge in [-0.15, -0.1) is 10.2 Å². The van der Waals surface area contributed by atoms with E-state index in [0.29, 0.717) is 22.0 Å². The molecule has 0 bridgehead atoms. The third-order valence-corrected chi connectivity index (χ3v) is 3.87. The maximum atomic E-state index is 14.2. The van der Waals surface area contributed by atoms with Crippen molar-refractivity contribution in [2.24, 2.45) is 0 Å². The van der Waals surface area contributed by atoms with Gasteiger partial charge in [0.05, 0.1) is 15.9 Å². The van der Waals surface area contributed by atoms with Crippen LogP contribution < -0.4 is 0 Å². The third-order valence-electron chi connectivity index (χ3n) is 3.05. The van der Waals surface area contributed by atoms with Crippen LogP contribution in [-0.4, -0.2) is 14.8 Å². The van der Waals surface area contributed by atoms with Crippen LogP contribution in [0.5, 0.6) is 0 Å². The van der Waals surface area contributed by atoms with E-state index in [1.54, 1.807) is 16.7 Å². The zero-order chi connectivity index (χ0) is 14.8. The Balaban J connectivity index is 2.28. The first-order chi connectivity index (χ1) is 10.2. The van der Waals surface area contributed by atoms with Crippen molar-refractivity contribution in [2.75, 3.05) is 0 Å². The Morgan fingerprint density at radius 2 is 1.81 bits per heavy atom. The summed E-state index contributed by atoms with van der Waals surface area (Å²) in [4.78, 5) is 0. The summed E-state index contributed by atoms with van der Waals surface area (Å²) < 4.78 is 16.0. The van der Waals surface area contributed by atoms with Crippen molar-refractivity contribution in [1.82, 2.24) is 14.8 Å². The van der Waals surface area contributed by atoms with Crippen LogP contribution >= 0.6 is 27.5 Å². The molecular formula is C15H10BrClFN3. The molecule has 3 rings (SSSR count). The Morgan fingerprint density at radius 3 is 2.48 bits per heavy atom. The van der Waals surface area contributed by atoms with E-state index in [0.717, 1.165) is 5.69 Å². The van der Waals surface area contributed by atoms with E-state index >= 15 is 0 Å². The standard InChI is InChI=1S/C15H10BrClFN3/c16-9-13-19-20-15(14-11(17)7-4-8-12(14)18)21(13)10-5-2-1-3-6-10/h1-8H,9H2. The number of rotatable bonds is 3. The Bertz CT molecular complexity index is 754. The second-order valence-corrected chi connectivity index (χ2v) is 5.31. The van der Waals surface area contributed by atoms with Crippen molar-refractivity contribution in [3.05, 3.63) is 65.2 Å². The van der Waals surface area contributed by atoms with Gasteiger partial charge in [-0.3, -0.25) is 4.57 Å². The lowest BCUT2D eigenvalue weighted by Crippen LogP contribution is -2.02. The summed E-state index contributed by atoms with van der Waals surface area (Å²) in [6, 6.07) is 14.1. The molecule has 0 aliphatic rings. The van der Waals surface area contributed by atoms with Crippen LogP contribution in [0, 0.1) is 5.82 Å². The molecule has 0 amide bonds. The number of halogens is 3. The van der Waals surface area contributed by atoms with Gasteiger partial charge in [0, 0.05) is 5.69 Å². The Kier molecular flexibility index (Phi) is 4.03. The summed E-state index contributed by atoms with van der Waals surface area (Å²) >= 11 is 9.52. The van der Waals surface area contributed by atoms with Gasteiger partial charge in [-0.05, 0) is 24.3 Å². The number of hydrogen-bond donors (Lipinski definition) is 0. The van der Waals surface area contributed by atoms with Crippen LogP contribution in [0.1, 0.15) is 5.82 Å². The van der Waals surface area contributed by atoms with Gasteiger partial charge in [0.15, 0.2) is 5.82 Å². The number of alkyl halides is 1. The van der Waals surface area contributed by atoms with Gasteiger partial charge in [-0.2, -0.15) is 0 Å². The summed E-state index contributed by atoms with van der Waals surface area (Å²) in [6.45, 7) is 0. The van der Waals surface area contributed by atoms with Gasteiger partial charge < -0.3 is 0 Å². The van der Waals surface area contributed by atoms with Crippen LogP contribution in [0.4, 0.5) is 4.39 Å². The molecule has 1 heterocycles. The summed E-state index contributed by atoms with van der Waals surface area (Å²) in [7, 11) is 0. The highest BCUT2D eigenvalue weighted by molar-refractivity contribution is 9.08. The van der Waals surface area contributed by atoms with Crippen LogP contribution in [-0.2, 0) is 5.33 Å². The molecule has 0 radical (unpaired) electrons. The Morgan fingerprint density at radius 1 is 1.05 bits per heavy atom. The van der Waals surface area contributed by atoms with Crippen molar-refractivity contribution >= 4 is 27.5 Å². The van der Waals surface area contributed by atoms with Gasteiger partial charge in [0.2, 0.25) is 0 Å². The van der Waals surface area contributed by atoms with Crippen molar-refractivity contribution in [2.45, 2.75) is 5.33 Å². The molecule has 0 fully saturated rings. The molecule has 106 valence electrons. The lowest BCUT2D eigenvalue weighted by Gasteiger charge is -2.11. The monoisotopic (exact) mass is 365 g/mol. The second-order valence-electron chi connectivity index (χ2n) is 4.34. The highest BCUT2D eigenvalue weighted by Crippen LogP contribution is 2.31. The molecular weight excluding hydrogens is 357 g/mol. The fraction of sp³-hybridized carbons (Fsp3) is 0.0667. The maximum absolute atomic E-state index is 14.2. The van der Waals surface area contributed by atoms with E-state index in [9.17, 15) is 4.39 Å². The number of nitrogens with zero attached hydrogens (tertiary/aromatic N) is 3. The van der Waals surface area contributed by atoms with Crippen LogP contribution in [0.3, 0.4) is 0 Å². The van der Waals surface area contributed by atoms with E-state index in [-0.39, 0.29) is 5.56 Å². The molecule has 0 aliphatic carbocycles. The van der Waals surface area contributed by atoms with Gasteiger partial charge in [0.25, 0.3) is 0 Å². The van der Waals surface area contributed by atoms with Crippen molar-refractivity contribution in [3.63, 3.8) is 0 Å². The normalized spacial score (nSPS) is 10.8.